The molecule has 0 spiro atoms. The van der Waals surface area contributed by atoms with E-state index in [1.807, 2.05) is 0 Å². The number of ether oxygens (including phenoxy) is 2. The second-order valence-electron chi connectivity index (χ2n) is 8.18. The highest BCUT2D eigenvalue weighted by atomic mass is 19.1. The zero-order valence-electron chi connectivity index (χ0n) is 19.8. The number of anilines is 2. The Morgan fingerprint density at radius 1 is 1.18 bits per heavy atom. The standard InChI is InChI=1S/C26H33FN4O3/c1-4-28-24-17-22(34-15-14-33-3)16-23(27)25(24)18(2)30-20-8-10-21(11-9-20)31-26(32)29-13-12-19-6-5-7-19/h4,8-11,16-17,19,30H,2,5-7,12-15H2,1,3H3,(H2,29,31,32). The fourth-order valence-corrected chi connectivity index (χ4v) is 3.65. The first-order valence-corrected chi connectivity index (χ1v) is 11.5. The molecule has 0 aromatic heterocycles. The molecule has 0 atom stereocenters. The minimum atomic E-state index is -0.495. The van der Waals surface area contributed by atoms with Crippen LogP contribution in [-0.4, -0.2) is 39.1 Å². The number of halogens is 1. The molecule has 3 rings (SSSR count). The minimum absolute atomic E-state index is 0.221. The number of methoxy groups -OCH3 is 1. The Bertz CT molecular complexity index is 1000. The summed E-state index contributed by atoms with van der Waals surface area (Å²) in [5.74, 6) is 0.629. The number of nitrogens with zero attached hydrogens (tertiary/aromatic N) is 1. The van der Waals surface area contributed by atoms with Crippen LogP contribution >= 0.6 is 0 Å². The van der Waals surface area contributed by atoms with Crippen molar-refractivity contribution in [2.75, 3.05) is 37.5 Å². The number of hydrogen-bond donors (Lipinski definition) is 3. The Morgan fingerprint density at radius 2 is 1.88 bits per heavy atom. The van der Waals surface area contributed by atoms with Gasteiger partial charge in [-0.15, -0.1) is 0 Å². The van der Waals surface area contributed by atoms with Gasteiger partial charge in [-0.25, -0.2) is 9.18 Å². The van der Waals surface area contributed by atoms with E-state index < -0.39 is 5.82 Å². The largest absolute Gasteiger partial charge is 0.491 e. The fourth-order valence-electron chi connectivity index (χ4n) is 3.65. The minimum Gasteiger partial charge on any atom is -0.491 e. The molecule has 7 nitrogen and oxygen atoms in total. The summed E-state index contributed by atoms with van der Waals surface area (Å²) in [6, 6.07) is 9.88. The van der Waals surface area contributed by atoms with E-state index in [2.05, 4.69) is 27.5 Å². The Balaban J connectivity index is 1.59. The van der Waals surface area contributed by atoms with Crippen LogP contribution in [0.1, 0.15) is 38.2 Å². The summed E-state index contributed by atoms with van der Waals surface area (Å²) in [6.07, 6.45) is 6.45. The Hall–Kier alpha value is -3.39. The van der Waals surface area contributed by atoms with E-state index in [0.29, 0.717) is 48.3 Å². The van der Waals surface area contributed by atoms with E-state index in [0.717, 1.165) is 12.3 Å². The van der Waals surface area contributed by atoms with Crippen LogP contribution in [0.3, 0.4) is 0 Å². The van der Waals surface area contributed by atoms with Gasteiger partial charge in [0.1, 0.15) is 18.2 Å². The topological polar surface area (TPSA) is 84.0 Å². The lowest BCUT2D eigenvalue weighted by Crippen LogP contribution is -2.31. The molecule has 2 amide bonds. The third-order valence-corrected chi connectivity index (χ3v) is 5.67. The predicted octanol–water partition coefficient (Wildman–Crippen LogP) is 5.97. The molecule has 1 fully saturated rings. The fraction of sp³-hybridized carbons (Fsp3) is 0.385. The molecule has 0 saturated heterocycles. The van der Waals surface area contributed by atoms with Gasteiger partial charge < -0.3 is 25.4 Å². The summed E-state index contributed by atoms with van der Waals surface area (Å²) in [5, 5.41) is 8.83. The lowest BCUT2D eigenvalue weighted by atomic mass is 9.83. The van der Waals surface area contributed by atoms with Gasteiger partial charge >= 0.3 is 6.03 Å². The number of aliphatic imine (C=N–C) groups is 1. The first-order chi connectivity index (χ1) is 16.5. The highest BCUT2D eigenvalue weighted by Gasteiger charge is 2.17. The van der Waals surface area contributed by atoms with Gasteiger partial charge in [0.05, 0.1) is 17.9 Å². The SMILES string of the molecule is C=C(Nc1ccc(NC(=O)NCCC2CCC2)cc1)c1c(F)cc(OCCOC)cc1N=CC. The normalized spacial score (nSPS) is 13.4. The zero-order chi connectivity index (χ0) is 24.3. The predicted molar refractivity (Wildman–Crippen MR) is 136 cm³/mol. The van der Waals surface area contributed by atoms with Crippen molar-refractivity contribution in [2.24, 2.45) is 10.9 Å². The molecule has 1 saturated carbocycles. The summed E-state index contributed by atoms with van der Waals surface area (Å²) in [6.45, 7) is 7.14. The van der Waals surface area contributed by atoms with Crippen LogP contribution in [0.25, 0.3) is 5.70 Å². The lowest BCUT2D eigenvalue weighted by Gasteiger charge is -2.25. The van der Waals surface area contributed by atoms with Gasteiger partial charge in [0.15, 0.2) is 0 Å². The van der Waals surface area contributed by atoms with Crippen LogP contribution in [0, 0.1) is 11.7 Å². The second kappa shape index (κ2) is 12.7. The van der Waals surface area contributed by atoms with Crippen LogP contribution in [0.5, 0.6) is 5.75 Å². The van der Waals surface area contributed by atoms with Crippen LogP contribution < -0.4 is 20.7 Å². The van der Waals surface area contributed by atoms with Crippen LogP contribution in [-0.2, 0) is 4.74 Å². The molecule has 34 heavy (non-hydrogen) atoms. The number of rotatable bonds is 12. The van der Waals surface area contributed by atoms with Gasteiger partial charge in [-0.2, -0.15) is 0 Å². The average Bonchev–Trinajstić information content (AvgIpc) is 2.77. The second-order valence-corrected chi connectivity index (χ2v) is 8.18. The van der Waals surface area contributed by atoms with Crippen molar-refractivity contribution in [3.63, 3.8) is 0 Å². The molecule has 2 aromatic carbocycles. The molecule has 182 valence electrons. The summed E-state index contributed by atoms with van der Waals surface area (Å²) in [7, 11) is 1.57. The molecular weight excluding hydrogens is 435 g/mol. The lowest BCUT2D eigenvalue weighted by molar-refractivity contribution is 0.146. The van der Waals surface area contributed by atoms with Crippen molar-refractivity contribution < 1.29 is 18.7 Å². The number of nitrogens with one attached hydrogen (secondary N) is 3. The number of hydrogen-bond acceptors (Lipinski definition) is 5. The molecule has 0 bridgehead atoms. The molecule has 1 aliphatic rings. The first-order valence-electron chi connectivity index (χ1n) is 11.5. The monoisotopic (exact) mass is 468 g/mol. The highest BCUT2D eigenvalue weighted by molar-refractivity contribution is 5.90. The molecule has 0 unspecified atom stereocenters. The summed E-state index contributed by atoms with van der Waals surface area (Å²) in [4.78, 5) is 16.3. The maximum absolute atomic E-state index is 14.9. The van der Waals surface area contributed by atoms with Gasteiger partial charge in [0, 0.05) is 49.1 Å². The molecule has 0 heterocycles. The Labute approximate surface area is 200 Å². The number of carbonyl (C=O) groups excluding carboxylic acids is 1. The summed E-state index contributed by atoms with van der Waals surface area (Å²) in [5.41, 5.74) is 2.38. The third-order valence-electron chi connectivity index (χ3n) is 5.67. The van der Waals surface area contributed by atoms with Crippen LogP contribution in [0.4, 0.5) is 26.2 Å². The van der Waals surface area contributed by atoms with Crippen molar-refractivity contribution in [1.82, 2.24) is 5.32 Å². The van der Waals surface area contributed by atoms with Gasteiger partial charge in [-0.05, 0) is 43.5 Å². The summed E-state index contributed by atoms with van der Waals surface area (Å²) >= 11 is 0. The Morgan fingerprint density at radius 3 is 2.50 bits per heavy atom. The van der Waals surface area contributed by atoms with Gasteiger partial charge in [0.25, 0.3) is 0 Å². The van der Waals surface area contributed by atoms with Crippen molar-refractivity contribution in [2.45, 2.75) is 32.6 Å². The number of amides is 2. The van der Waals surface area contributed by atoms with E-state index in [-0.39, 0.29) is 11.6 Å². The molecule has 3 N–H and O–H groups in total. The quantitative estimate of drug-likeness (QED) is 0.265. The van der Waals surface area contributed by atoms with Crippen molar-refractivity contribution in [3.8, 4) is 5.75 Å². The van der Waals surface area contributed by atoms with Gasteiger partial charge in [-0.1, -0.05) is 25.8 Å². The van der Waals surface area contributed by atoms with E-state index >= 15 is 0 Å². The van der Waals surface area contributed by atoms with Gasteiger partial charge in [-0.3, -0.25) is 4.99 Å². The molecule has 2 aromatic rings. The third kappa shape index (κ3) is 7.31. The zero-order valence-corrected chi connectivity index (χ0v) is 19.8. The number of carbonyl (C=O) groups is 1. The maximum atomic E-state index is 14.9. The van der Waals surface area contributed by atoms with Crippen molar-refractivity contribution in [3.05, 3.63) is 54.4 Å². The van der Waals surface area contributed by atoms with E-state index in [1.54, 1.807) is 50.6 Å². The first kappa shape index (κ1) is 25.2. The smallest absolute Gasteiger partial charge is 0.319 e. The van der Waals surface area contributed by atoms with E-state index in [4.69, 9.17) is 9.47 Å². The van der Waals surface area contributed by atoms with Crippen molar-refractivity contribution in [1.29, 1.82) is 0 Å². The van der Waals surface area contributed by atoms with Crippen LogP contribution in [0.2, 0.25) is 0 Å². The number of urea groups is 1. The highest BCUT2D eigenvalue weighted by Crippen LogP contribution is 2.33. The summed E-state index contributed by atoms with van der Waals surface area (Å²) < 4.78 is 25.4. The molecule has 1 aliphatic carbocycles. The molecule has 0 aliphatic heterocycles. The van der Waals surface area contributed by atoms with Crippen molar-refractivity contribution >= 4 is 35.0 Å². The Kier molecular flexibility index (Phi) is 9.46. The van der Waals surface area contributed by atoms with Crippen LogP contribution in [0.15, 0.2) is 48.0 Å². The molecule has 0 radical (unpaired) electrons. The maximum Gasteiger partial charge on any atom is 0.319 e. The van der Waals surface area contributed by atoms with E-state index in [9.17, 15) is 9.18 Å². The van der Waals surface area contributed by atoms with Gasteiger partial charge in [0.2, 0.25) is 0 Å². The average molecular weight is 469 g/mol. The van der Waals surface area contributed by atoms with E-state index in [1.165, 1.54) is 25.3 Å². The molecule has 8 heteroatoms. The molecular formula is C26H33FN4O3. The number of benzene rings is 2.